The molecule has 3 aromatic rings. The van der Waals surface area contributed by atoms with Crippen LogP contribution in [-0.2, 0) is 6.54 Å². The summed E-state index contributed by atoms with van der Waals surface area (Å²) in [6.07, 6.45) is 0. The molecule has 1 N–H and O–H groups in total. The third-order valence-corrected chi connectivity index (χ3v) is 5.61. The molecule has 9 nitrogen and oxygen atoms in total. The Balaban J connectivity index is 1.89. The highest BCUT2D eigenvalue weighted by atomic mass is 127. The van der Waals surface area contributed by atoms with Crippen molar-refractivity contribution >= 4 is 62.9 Å². The van der Waals surface area contributed by atoms with Gasteiger partial charge < -0.3 is 14.8 Å². The fraction of sp³-hybridized carbons (Fsp3) is 0.100. The van der Waals surface area contributed by atoms with Gasteiger partial charge in [0.15, 0.2) is 11.5 Å². The zero-order chi connectivity index (χ0) is 23.4. The Labute approximate surface area is 205 Å². The van der Waals surface area contributed by atoms with E-state index in [0.29, 0.717) is 31.6 Å². The van der Waals surface area contributed by atoms with Gasteiger partial charge in [-0.1, -0.05) is 23.2 Å². The predicted molar refractivity (Wildman–Crippen MR) is 129 cm³/mol. The molecule has 0 spiro atoms. The summed E-state index contributed by atoms with van der Waals surface area (Å²) in [7, 11) is 1.44. The molecular weight excluding hydrogens is 576 g/mol. The number of nitrogens with one attached hydrogen (secondary N) is 1. The Bertz CT molecular complexity index is 1210. The summed E-state index contributed by atoms with van der Waals surface area (Å²) in [6.45, 7) is 0.408. The first-order valence-corrected chi connectivity index (χ1v) is 10.7. The molecule has 0 aliphatic rings. The molecule has 0 bridgehead atoms. The molecule has 0 atom stereocenters. The third-order valence-electron chi connectivity index (χ3n) is 4.27. The molecule has 166 valence electrons. The van der Waals surface area contributed by atoms with Gasteiger partial charge in [0.25, 0.3) is 5.69 Å². The largest absolute Gasteiger partial charge is 0.493 e. The van der Waals surface area contributed by atoms with Gasteiger partial charge in [0.2, 0.25) is 5.75 Å². The van der Waals surface area contributed by atoms with Crippen LogP contribution in [-0.4, -0.2) is 17.0 Å². The van der Waals surface area contributed by atoms with Crippen LogP contribution in [0.3, 0.4) is 0 Å². The van der Waals surface area contributed by atoms with Crippen LogP contribution in [0.25, 0.3) is 0 Å². The van der Waals surface area contributed by atoms with Gasteiger partial charge in [-0.3, -0.25) is 20.2 Å². The number of hydrogen-bond acceptors (Lipinski definition) is 7. The number of benzene rings is 3. The molecule has 0 saturated heterocycles. The number of anilines is 1. The Morgan fingerprint density at radius 3 is 2.38 bits per heavy atom. The summed E-state index contributed by atoms with van der Waals surface area (Å²) in [5, 5.41) is 26.5. The summed E-state index contributed by atoms with van der Waals surface area (Å²) in [4.78, 5) is 20.9. The Hall–Kier alpha value is -2.83. The molecule has 3 rings (SSSR count). The lowest BCUT2D eigenvalue weighted by Crippen LogP contribution is -2.03. The zero-order valence-electron chi connectivity index (χ0n) is 16.3. The van der Waals surface area contributed by atoms with E-state index in [9.17, 15) is 20.2 Å². The monoisotopic (exact) mass is 589 g/mol. The highest BCUT2D eigenvalue weighted by Gasteiger charge is 2.23. The number of methoxy groups -OCH3 is 1. The molecule has 0 aliphatic heterocycles. The van der Waals surface area contributed by atoms with E-state index >= 15 is 0 Å². The molecule has 0 heterocycles. The fourth-order valence-electron chi connectivity index (χ4n) is 2.76. The number of nitro groups is 2. The van der Waals surface area contributed by atoms with Crippen LogP contribution < -0.4 is 14.8 Å². The maximum atomic E-state index is 11.4. The maximum absolute atomic E-state index is 11.4. The number of nitro benzene ring substituents is 2. The Morgan fingerprint density at radius 2 is 1.75 bits per heavy atom. The molecule has 0 fully saturated rings. The number of hydrogen-bond donors (Lipinski definition) is 1. The van der Waals surface area contributed by atoms with E-state index in [4.69, 9.17) is 32.7 Å². The molecule has 3 aromatic carbocycles. The van der Waals surface area contributed by atoms with Crippen molar-refractivity contribution < 1.29 is 19.3 Å². The van der Waals surface area contributed by atoms with E-state index in [1.54, 1.807) is 24.3 Å². The van der Waals surface area contributed by atoms with Crippen LogP contribution in [0.4, 0.5) is 17.1 Å². The van der Waals surface area contributed by atoms with Gasteiger partial charge >= 0.3 is 5.69 Å². The van der Waals surface area contributed by atoms with Gasteiger partial charge in [-0.05, 0) is 64.6 Å². The summed E-state index contributed by atoms with van der Waals surface area (Å²) in [5.74, 6) is 0.442. The van der Waals surface area contributed by atoms with Crippen molar-refractivity contribution in [2.45, 2.75) is 6.54 Å². The van der Waals surface area contributed by atoms with Crippen molar-refractivity contribution in [2.24, 2.45) is 0 Å². The quantitative estimate of drug-likeness (QED) is 0.174. The lowest BCUT2D eigenvalue weighted by atomic mass is 10.2. The molecule has 0 unspecified atom stereocenters. The first-order chi connectivity index (χ1) is 15.2. The highest BCUT2D eigenvalue weighted by Crippen LogP contribution is 2.41. The summed E-state index contributed by atoms with van der Waals surface area (Å²) in [6, 6.07) is 11.8. The molecular formula is C20H14Cl2IN3O6. The summed E-state index contributed by atoms with van der Waals surface area (Å²) >= 11 is 14.1. The minimum atomic E-state index is -0.740. The van der Waals surface area contributed by atoms with Crippen molar-refractivity contribution in [2.75, 3.05) is 12.4 Å². The first-order valence-electron chi connectivity index (χ1n) is 8.85. The Morgan fingerprint density at radius 1 is 1.00 bits per heavy atom. The molecule has 0 radical (unpaired) electrons. The van der Waals surface area contributed by atoms with Crippen molar-refractivity contribution in [1.82, 2.24) is 0 Å². The number of halogens is 3. The van der Waals surface area contributed by atoms with E-state index in [0.717, 1.165) is 17.7 Å². The standard InChI is InChI=1S/C20H14Cl2IN3O6/c1-31-19-7-11(10-24-16-4-2-12(21)8-14(16)22)6-15(23)20(19)32-18-5-3-13(25(27)28)9-17(18)26(29)30/h2-9,24H,10H2,1H3. The van der Waals surface area contributed by atoms with E-state index in [1.165, 1.54) is 13.2 Å². The summed E-state index contributed by atoms with van der Waals surface area (Å²) < 4.78 is 11.8. The number of nitrogens with zero attached hydrogens (tertiary/aromatic N) is 2. The summed E-state index contributed by atoms with van der Waals surface area (Å²) in [5.41, 5.74) is 0.600. The SMILES string of the molecule is COc1cc(CNc2ccc(Cl)cc2Cl)cc(I)c1Oc1ccc([N+](=O)[O-])cc1[N+](=O)[O-]. The van der Waals surface area contributed by atoms with Gasteiger partial charge in [0.05, 0.1) is 37.3 Å². The fourth-order valence-corrected chi connectivity index (χ4v) is 4.01. The van der Waals surface area contributed by atoms with Gasteiger partial charge in [0, 0.05) is 17.6 Å². The molecule has 0 saturated carbocycles. The van der Waals surface area contributed by atoms with Crippen molar-refractivity contribution in [1.29, 1.82) is 0 Å². The second-order valence-electron chi connectivity index (χ2n) is 6.36. The van der Waals surface area contributed by atoms with E-state index in [-0.39, 0.29) is 11.5 Å². The average molecular weight is 590 g/mol. The van der Waals surface area contributed by atoms with Gasteiger partial charge in [0.1, 0.15) is 0 Å². The predicted octanol–water partition coefficient (Wildman–Crippen LogP) is 6.83. The normalized spacial score (nSPS) is 10.5. The smallest absolute Gasteiger partial charge is 0.318 e. The second kappa shape index (κ2) is 10.2. The zero-order valence-corrected chi connectivity index (χ0v) is 20.0. The lowest BCUT2D eigenvalue weighted by Gasteiger charge is -2.15. The van der Waals surface area contributed by atoms with E-state index in [1.807, 2.05) is 28.7 Å². The molecule has 0 aliphatic carbocycles. The van der Waals surface area contributed by atoms with Crippen LogP contribution in [0.2, 0.25) is 10.0 Å². The maximum Gasteiger partial charge on any atom is 0.318 e. The topological polar surface area (TPSA) is 117 Å². The second-order valence-corrected chi connectivity index (χ2v) is 8.36. The Kier molecular flexibility index (Phi) is 7.59. The van der Waals surface area contributed by atoms with Crippen LogP contribution in [0.1, 0.15) is 5.56 Å². The molecule has 32 heavy (non-hydrogen) atoms. The van der Waals surface area contributed by atoms with E-state index < -0.39 is 21.2 Å². The first kappa shape index (κ1) is 23.8. The lowest BCUT2D eigenvalue weighted by molar-refractivity contribution is -0.394. The van der Waals surface area contributed by atoms with Crippen molar-refractivity contribution in [3.8, 4) is 17.2 Å². The van der Waals surface area contributed by atoms with Gasteiger partial charge in [-0.25, -0.2) is 0 Å². The van der Waals surface area contributed by atoms with Crippen LogP contribution in [0, 0.1) is 23.8 Å². The van der Waals surface area contributed by atoms with Gasteiger partial charge in [-0.15, -0.1) is 0 Å². The minimum Gasteiger partial charge on any atom is -0.493 e. The van der Waals surface area contributed by atoms with Crippen LogP contribution in [0.5, 0.6) is 17.2 Å². The number of rotatable bonds is 8. The van der Waals surface area contributed by atoms with Crippen molar-refractivity contribution in [3.05, 3.63) is 87.9 Å². The average Bonchev–Trinajstić information content (AvgIpc) is 2.74. The molecule has 0 amide bonds. The van der Waals surface area contributed by atoms with Crippen molar-refractivity contribution in [3.63, 3.8) is 0 Å². The molecule has 12 heteroatoms. The highest BCUT2D eigenvalue weighted by molar-refractivity contribution is 14.1. The molecule has 0 aromatic heterocycles. The number of non-ortho nitro benzene ring substituents is 1. The number of ether oxygens (including phenoxy) is 2. The van der Waals surface area contributed by atoms with Gasteiger partial charge in [-0.2, -0.15) is 0 Å². The van der Waals surface area contributed by atoms with Crippen LogP contribution >= 0.6 is 45.8 Å². The minimum absolute atomic E-state index is 0.143. The van der Waals surface area contributed by atoms with E-state index in [2.05, 4.69) is 5.32 Å². The van der Waals surface area contributed by atoms with Crippen LogP contribution in [0.15, 0.2) is 48.5 Å². The third kappa shape index (κ3) is 5.50.